The van der Waals surface area contributed by atoms with E-state index in [1.807, 2.05) is 32.0 Å². The molecule has 4 N–H and O–H groups in total. The minimum absolute atomic E-state index is 0.0112. The van der Waals surface area contributed by atoms with Crippen LogP contribution in [0.25, 0.3) is 0 Å². The van der Waals surface area contributed by atoms with Crippen molar-refractivity contribution in [2.45, 2.75) is 72.1 Å². The Bertz CT molecular complexity index is 1990. The lowest BCUT2D eigenvalue weighted by Crippen LogP contribution is -2.48. The molecule has 1 aliphatic rings. The molecule has 3 heterocycles. The quantitative estimate of drug-likeness (QED) is 0.0427. The molecule has 0 atom stereocenters. The topological polar surface area (TPSA) is 163 Å². The van der Waals surface area contributed by atoms with Crippen LogP contribution in [0.5, 0.6) is 0 Å². The molecule has 16 heteroatoms. The zero-order chi connectivity index (χ0) is 44.9. The lowest BCUT2D eigenvalue weighted by atomic mass is 10.2. The SMILES string of the molecule is CCC=CCC=CCC=CCC=CCC=CCCCC(=O)NCCOCCNC(=O)OCCN1CCN(c2cc(Nc3ncc(C(=O)Nc4c(C)cccc4Cl)s3)nc(C)n2)CC1. The second-order valence-electron chi connectivity index (χ2n) is 14.7. The zero-order valence-corrected chi connectivity index (χ0v) is 38.5. The van der Waals surface area contributed by atoms with E-state index in [0.717, 1.165) is 82.5 Å². The van der Waals surface area contributed by atoms with Gasteiger partial charge in [0.05, 0.1) is 30.1 Å². The Kier molecular flexibility index (Phi) is 23.8. The summed E-state index contributed by atoms with van der Waals surface area (Å²) in [6, 6.07) is 7.33. The van der Waals surface area contributed by atoms with Crippen LogP contribution in [0.2, 0.25) is 5.02 Å². The molecule has 1 fully saturated rings. The summed E-state index contributed by atoms with van der Waals surface area (Å²) in [6.45, 7) is 11.2. The molecule has 0 radical (unpaired) electrons. The summed E-state index contributed by atoms with van der Waals surface area (Å²) in [5, 5.41) is 12.7. The maximum Gasteiger partial charge on any atom is 0.407 e. The first kappa shape index (κ1) is 50.3. The van der Waals surface area contributed by atoms with Crippen molar-refractivity contribution < 1.29 is 23.9 Å². The average Bonchev–Trinajstić information content (AvgIpc) is 3.74. The standard InChI is InChI=1S/C47H64ClN9O5S/c1-4-5-6-7-8-9-10-11-12-13-14-15-16-17-18-19-20-24-43(58)49-25-32-61-33-26-50-47(60)62-34-31-56-27-29-57(30-28-56)42-35-41(52-38(3)53-42)54-46-51-36-40(63-46)45(59)55-44-37(2)22-21-23-39(44)48/h5-6,8-9,11-12,14-15,17-18,21-23,35-36H,4,7,10,13,16,19-20,24-34H2,1-3H3,(H,49,58)(H,50,60)(H,55,59)(H,51,52,53,54). The second-order valence-corrected chi connectivity index (χ2v) is 16.1. The highest BCUT2D eigenvalue weighted by molar-refractivity contribution is 7.17. The number of hydrogen-bond acceptors (Lipinski definition) is 12. The van der Waals surface area contributed by atoms with Crippen molar-refractivity contribution in [3.8, 4) is 0 Å². The molecule has 14 nitrogen and oxygen atoms in total. The normalized spacial score (nSPS) is 13.6. The number of benzene rings is 1. The molecule has 3 amide bonds. The van der Waals surface area contributed by atoms with E-state index in [0.29, 0.717) is 71.6 Å². The molecule has 0 aliphatic carbocycles. The van der Waals surface area contributed by atoms with Gasteiger partial charge in [-0.15, -0.1) is 0 Å². The third-order valence-electron chi connectivity index (χ3n) is 9.60. The summed E-state index contributed by atoms with van der Waals surface area (Å²) < 4.78 is 10.9. The summed E-state index contributed by atoms with van der Waals surface area (Å²) in [7, 11) is 0. The predicted octanol–water partition coefficient (Wildman–Crippen LogP) is 9.10. The van der Waals surface area contributed by atoms with E-state index in [-0.39, 0.29) is 18.4 Å². The second kappa shape index (κ2) is 29.9. The van der Waals surface area contributed by atoms with Crippen LogP contribution in [0.3, 0.4) is 0 Å². The predicted molar refractivity (Wildman–Crippen MR) is 256 cm³/mol. The first-order valence-corrected chi connectivity index (χ1v) is 23.0. The number of nitrogens with zero attached hydrogens (tertiary/aromatic N) is 5. The van der Waals surface area contributed by atoms with E-state index in [9.17, 15) is 14.4 Å². The summed E-state index contributed by atoms with van der Waals surface area (Å²) in [5.41, 5.74) is 1.45. The summed E-state index contributed by atoms with van der Waals surface area (Å²) in [4.78, 5) is 55.6. The first-order chi connectivity index (χ1) is 30.7. The summed E-state index contributed by atoms with van der Waals surface area (Å²) >= 11 is 7.50. The van der Waals surface area contributed by atoms with E-state index < -0.39 is 6.09 Å². The van der Waals surface area contributed by atoms with Gasteiger partial charge in [0.25, 0.3) is 5.91 Å². The number of unbranched alkanes of at least 4 members (excludes halogenated alkanes) is 1. The number of allylic oxidation sites excluding steroid dienone is 10. The van der Waals surface area contributed by atoms with Crippen molar-refractivity contribution in [1.29, 1.82) is 0 Å². The van der Waals surface area contributed by atoms with Gasteiger partial charge in [-0.05, 0) is 70.4 Å². The number of para-hydroxylation sites is 1. The van der Waals surface area contributed by atoms with Gasteiger partial charge in [0.1, 0.15) is 28.9 Å². The van der Waals surface area contributed by atoms with Gasteiger partial charge in [-0.2, -0.15) is 0 Å². The average molecular weight is 903 g/mol. The molecule has 0 spiro atoms. The number of hydrogen-bond donors (Lipinski definition) is 4. The molecule has 1 saturated heterocycles. The number of ether oxygens (including phenoxy) is 2. The van der Waals surface area contributed by atoms with Gasteiger partial charge in [0.15, 0.2) is 5.13 Å². The van der Waals surface area contributed by atoms with E-state index in [1.165, 1.54) is 17.5 Å². The Hall–Kier alpha value is -5.35. The van der Waals surface area contributed by atoms with Gasteiger partial charge in [-0.3, -0.25) is 14.5 Å². The van der Waals surface area contributed by atoms with Crippen LogP contribution in [-0.2, 0) is 14.3 Å². The third kappa shape index (κ3) is 20.6. The van der Waals surface area contributed by atoms with Crippen molar-refractivity contribution >= 4 is 63.3 Å². The van der Waals surface area contributed by atoms with E-state index in [1.54, 1.807) is 6.07 Å². The number of rotatable bonds is 27. The van der Waals surface area contributed by atoms with Crippen molar-refractivity contribution in [2.75, 3.05) is 81.2 Å². The maximum atomic E-state index is 12.9. The van der Waals surface area contributed by atoms with Gasteiger partial charge in [-0.1, -0.05) is 103 Å². The number of aryl methyl sites for hydroxylation is 2. The molecule has 0 unspecified atom stereocenters. The Morgan fingerprint density at radius 1 is 0.841 bits per heavy atom. The van der Waals surface area contributed by atoms with E-state index in [2.05, 4.69) is 114 Å². The van der Waals surface area contributed by atoms with Crippen LogP contribution in [-0.4, -0.2) is 103 Å². The summed E-state index contributed by atoms with van der Waals surface area (Å²) in [6.07, 6.45) is 29.9. The monoisotopic (exact) mass is 901 g/mol. The largest absolute Gasteiger partial charge is 0.448 e. The van der Waals surface area contributed by atoms with Crippen LogP contribution in [0, 0.1) is 13.8 Å². The van der Waals surface area contributed by atoms with Gasteiger partial charge >= 0.3 is 6.09 Å². The van der Waals surface area contributed by atoms with Gasteiger partial charge in [0.2, 0.25) is 5.91 Å². The number of thiazole rings is 1. The van der Waals surface area contributed by atoms with Crippen LogP contribution >= 0.6 is 22.9 Å². The molecule has 3 aromatic rings. The molecule has 1 aliphatic heterocycles. The first-order valence-electron chi connectivity index (χ1n) is 21.8. The Labute approximate surface area is 382 Å². The highest BCUT2D eigenvalue weighted by Gasteiger charge is 2.20. The van der Waals surface area contributed by atoms with Crippen molar-refractivity contribution in [3.05, 3.63) is 113 Å². The van der Waals surface area contributed by atoms with Crippen LogP contribution < -0.4 is 26.2 Å². The van der Waals surface area contributed by atoms with Crippen molar-refractivity contribution in [2.24, 2.45) is 0 Å². The van der Waals surface area contributed by atoms with Crippen LogP contribution in [0.15, 0.2) is 91.2 Å². The minimum atomic E-state index is -0.488. The van der Waals surface area contributed by atoms with Crippen LogP contribution in [0.4, 0.5) is 27.2 Å². The van der Waals surface area contributed by atoms with Crippen molar-refractivity contribution in [3.63, 3.8) is 0 Å². The Morgan fingerprint density at radius 3 is 2.19 bits per heavy atom. The number of carbonyl (C=O) groups excluding carboxylic acids is 3. The fourth-order valence-corrected chi connectivity index (χ4v) is 7.22. The van der Waals surface area contributed by atoms with E-state index >= 15 is 0 Å². The molecular weight excluding hydrogens is 838 g/mol. The molecule has 4 rings (SSSR count). The number of nitrogens with one attached hydrogen (secondary N) is 4. The van der Waals surface area contributed by atoms with Crippen molar-refractivity contribution in [1.82, 2.24) is 30.5 Å². The van der Waals surface area contributed by atoms with E-state index in [4.69, 9.17) is 21.1 Å². The fourth-order valence-electron chi connectivity index (χ4n) is 6.24. The number of halogens is 1. The molecule has 340 valence electrons. The minimum Gasteiger partial charge on any atom is -0.448 e. The van der Waals surface area contributed by atoms with Gasteiger partial charge in [-0.25, -0.2) is 19.7 Å². The summed E-state index contributed by atoms with van der Waals surface area (Å²) in [5.74, 6) is 1.70. The molecule has 0 saturated carbocycles. The molecule has 1 aromatic carbocycles. The molecule has 63 heavy (non-hydrogen) atoms. The number of amides is 3. The number of aromatic nitrogens is 3. The van der Waals surface area contributed by atoms with Gasteiger partial charge < -0.3 is 35.6 Å². The number of anilines is 4. The Morgan fingerprint density at radius 2 is 1.51 bits per heavy atom. The maximum absolute atomic E-state index is 12.9. The van der Waals surface area contributed by atoms with Gasteiger partial charge in [0, 0.05) is 58.3 Å². The number of alkyl carbamates (subject to hydrolysis) is 1. The highest BCUT2D eigenvalue weighted by Crippen LogP contribution is 2.28. The zero-order valence-electron chi connectivity index (χ0n) is 37.0. The highest BCUT2D eigenvalue weighted by atomic mass is 35.5. The number of carbonyl (C=O) groups is 3. The lowest BCUT2D eigenvalue weighted by molar-refractivity contribution is -0.121. The fraction of sp³-hybridized carbons (Fsp3) is 0.447. The molecule has 0 bridgehead atoms. The molecular formula is C47H64ClN9O5S. The number of piperazine rings is 1. The lowest BCUT2D eigenvalue weighted by Gasteiger charge is -2.35. The smallest absolute Gasteiger partial charge is 0.407 e. The molecule has 2 aromatic heterocycles. The Balaban J connectivity index is 0.977. The van der Waals surface area contributed by atoms with Crippen LogP contribution in [0.1, 0.15) is 79.3 Å². The third-order valence-corrected chi connectivity index (χ3v) is 10.8.